The number of benzene rings is 1. The summed E-state index contributed by atoms with van der Waals surface area (Å²) in [5.74, 6) is 0.968. The number of hydrogen-bond acceptors (Lipinski definition) is 2. The number of hydrogen-bond donors (Lipinski definition) is 0. The van der Waals surface area contributed by atoms with Crippen LogP contribution in [0, 0.1) is 13.8 Å². The third-order valence-corrected chi connectivity index (χ3v) is 3.27. The predicted molar refractivity (Wildman–Crippen MR) is 67.8 cm³/mol. The van der Waals surface area contributed by atoms with E-state index < -0.39 is 0 Å². The predicted octanol–water partition coefficient (Wildman–Crippen LogP) is 3.97. The fourth-order valence-electron chi connectivity index (χ4n) is 2.02. The monoisotopic (exact) mass is 284 g/mol. The molecular weight excluding hydrogens is 268 g/mol. The zero-order chi connectivity index (χ0) is 11.5. The van der Waals surface area contributed by atoms with E-state index in [4.69, 9.17) is 9.47 Å². The minimum absolute atomic E-state index is 0.0627. The Kier molecular flexibility index (Phi) is 3.87. The maximum Gasteiger partial charge on any atom is 0.199 e. The van der Waals surface area contributed by atoms with E-state index in [1.807, 2.05) is 0 Å². The highest BCUT2D eigenvalue weighted by Crippen LogP contribution is 2.29. The van der Waals surface area contributed by atoms with Gasteiger partial charge in [0.15, 0.2) is 6.29 Å². The van der Waals surface area contributed by atoms with Gasteiger partial charge in [-0.25, -0.2) is 0 Å². The van der Waals surface area contributed by atoms with Crippen LogP contribution < -0.4 is 4.74 Å². The lowest BCUT2D eigenvalue weighted by atomic mass is 10.1. The van der Waals surface area contributed by atoms with Gasteiger partial charge in [-0.15, -0.1) is 0 Å². The van der Waals surface area contributed by atoms with Crippen LogP contribution in [0.4, 0.5) is 0 Å². The summed E-state index contributed by atoms with van der Waals surface area (Å²) < 4.78 is 12.6. The van der Waals surface area contributed by atoms with E-state index in [2.05, 4.69) is 41.9 Å². The minimum atomic E-state index is -0.0627. The van der Waals surface area contributed by atoms with E-state index in [0.717, 1.165) is 40.8 Å². The fraction of sp³-hybridized carbons (Fsp3) is 0.538. The van der Waals surface area contributed by atoms with Crippen molar-refractivity contribution in [3.8, 4) is 5.75 Å². The van der Waals surface area contributed by atoms with Gasteiger partial charge >= 0.3 is 0 Å². The Morgan fingerprint density at radius 3 is 2.50 bits per heavy atom. The molecule has 1 aromatic carbocycles. The summed E-state index contributed by atoms with van der Waals surface area (Å²) in [6.45, 7) is 4.95. The Morgan fingerprint density at radius 1 is 1.25 bits per heavy atom. The second kappa shape index (κ2) is 5.19. The lowest BCUT2D eigenvalue weighted by Gasteiger charge is -2.25. The molecule has 0 spiro atoms. The fourth-order valence-corrected chi connectivity index (χ4v) is 2.71. The molecule has 0 aromatic heterocycles. The van der Waals surface area contributed by atoms with Crippen LogP contribution in [0.5, 0.6) is 5.75 Å². The topological polar surface area (TPSA) is 18.5 Å². The first-order valence-corrected chi connectivity index (χ1v) is 6.51. The molecule has 1 fully saturated rings. The van der Waals surface area contributed by atoms with Crippen molar-refractivity contribution in [2.75, 3.05) is 6.61 Å². The van der Waals surface area contributed by atoms with E-state index >= 15 is 0 Å². The molecule has 1 saturated heterocycles. The van der Waals surface area contributed by atoms with Crippen molar-refractivity contribution in [3.63, 3.8) is 0 Å². The van der Waals surface area contributed by atoms with Crippen LogP contribution in [0.1, 0.15) is 30.4 Å². The summed E-state index contributed by atoms with van der Waals surface area (Å²) in [5.41, 5.74) is 2.31. The molecule has 0 amide bonds. The van der Waals surface area contributed by atoms with Crippen molar-refractivity contribution in [1.82, 2.24) is 0 Å². The molecule has 0 bridgehead atoms. The Balaban J connectivity index is 2.14. The lowest BCUT2D eigenvalue weighted by Crippen LogP contribution is -2.25. The average molecular weight is 285 g/mol. The molecule has 2 nitrogen and oxygen atoms in total. The van der Waals surface area contributed by atoms with Crippen LogP contribution in [0.25, 0.3) is 0 Å². The molecule has 2 rings (SSSR count). The molecule has 1 aliphatic heterocycles. The van der Waals surface area contributed by atoms with Gasteiger partial charge in [-0.1, -0.05) is 15.9 Å². The molecular formula is C13H17BrO2. The molecule has 88 valence electrons. The summed E-state index contributed by atoms with van der Waals surface area (Å²) >= 11 is 3.49. The van der Waals surface area contributed by atoms with Crippen LogP contribution in [-0.4, -0.2) is 12.9 Å². The first-order valence-electron chi connectivity index (χ1n) is 5.72. The van der Waals surface area contributed by atoms with Gasteiger partial charge in [-0.2, -0.15) is 0 Å². The maximum absolute atomic E-state index is 5.93. The highest BCUT2D eigenvalue weighted by atomic mass is 79.9. The number of halogens is 1. The molecule has 3 heteroatoms. The molecule has 0 saturated carbocycles. The third kappa shape index (κ3) is 2.77. The highest BCUT2D eigenvalue weighted by molar-refractivity contribution is 9.10. The zero-order valence-electron chi connectivity index (χ0n) is 9.75. The number of aryl methyl sites for hydroxylation is 2. The van der Waals surface area contributed by atoms with Crippen molar-refractivity contribution >= 4 is 15.9 Å². The van der Waals surface area contributed by atoms with Crippen molar-refractivity contribution in [2.24, 2.45) is 0 Å². The second-order valence-electron chi connectivity index (χ2n) is 4.28. The van der Waals surface area contributed by atoms with E-state index in [-0.39, 0.29) is 6.29 Å². The van der Waals surface area contributed by atoms with Gasteiger partial charge in [0.2, 0.25) is 0 Å². The standard InChI is InChI=1S/C13H17BrO2/c1-9-7-11(14)8-10(2)13(9)16-12-5-3-4-6-15-12/h7-8,12H,3-6H2,1-2H3/t12-/m1/s1. The maximum atomic E-state index is 5.93. The molecule has 0 aliphatic carbocycles. The van der Waals surface area contributed by atoms with E-state index in [1.165, 1.54) is 6.42 Å². The van der Waals surface area contributed by atoms with Crippen molar-refractivity contribution in [1.29, 1.82) is 0 Å². The molecule has 1 aliphatic rings. The van der Waals surface area contributed by atoms with Crippen LogP contribution in [0.15, 0.2) is 16.6 Å². The lowest BCUT2D eigenvalue weighted by molar-refractivity contribution is -0.106. The minimum Gasteiger partial charge on any atom is -0.464 e. The van der Waals surface area contributed by atoms with Crippen molar-refractivity contribution < 1.29 is 9.47 Å². The summed E-state index contributed by atoms with van der Waals surface area (Å²) in [6.07, 6.45) is 3.28. The summed E-state index contributed by atoms with van der Waals surface area (Å²) in [5, 5.41) is 0. The molecule has 1 heterocycles. The van der Waals surface area contributed by atoms with E-state index in [9.17, 15) is 0 Å². The van der Waals surface area contributed by atoms with Crippen LogP contribution >= 0.6 is 15.9 Å². The molecule has 1 aromatic rings. The Hall–Kier alpha value is -0.540. The Morgan fingerprint density at radius 2 is 1.94 bits per heavy atom. The average Bonchev–Trinajstić information content (AvgIpc) is 2.25. The summed E-state index contributed by atoms with van der Waals surface area (Å²) in [6, 6.07) is 4.15. The molecule has 0 unspecified atom stereocenters. The first-order chi connectivity index (χ1) is 7.66. The second-order valence-corrected chi connectivity index (χ2v) is 5.20. The quantitative estimate of drug-likeness (QED) is 0.818. The van der Waals surface area contributed by atoms with E-state index in [1.54, 1.807) is 0 Å². The van der Waals surface area contributed by atoms with Gasteiger partial charge in [-0.3, -0.25) is 0 Å². The van der Waals surface area contributed by atoms with E-state index in [0.29, 0.717) is 0 Å². The Labute approximate surface area is 105 Å². The van der Waals surface area contributed by atoms with Gasteiger partial charge in [0.05, 0.1) is 6.61 Å². The molecule has 16 heavy (non-hydrogen) atoms. The normalized spacial score (nSPS) is 20.8. The summed E-state index contributed by atoms with van der Waals surface area (Å²) in [7, 11) is 0. The van der Waals surface area contributed by atoms with Gasteiger partial charge in [-0.05, 0) is 49.9 Å². The summed E-state index contributed by atoms with van der Waals surface area (Å²) in [4.78, 5) is 0. The Bertz CT molecular complexity index is 347. The molecule has 0 N–H and O–H groups in total. The van der Waals surface area contributed by atoms with Crippen LogP contribution in [0.3, 0.4) is 0 Å². The largest absolute Gasteiger partial charge is 0.464 e. The van der Waals surface area contributed by atoms with Crippen molar-refractivity contribution in [2.45, 2.75) is 39.4 Å². The molecule has 0 radical (unpaired) electrons. The SMILES string of the molecule is Cc1cc(Br)cc(C)c1O[C@@H]1CCCCO1. The van der Waals surface area contributed by atoms with Crippen LogP contribution in [-0.2, 0) is 4.74 Å². The zero-order valence-corrected chi connectivity index (χ0v) is 11.3. The van der Waals surface area contributed by atoms with Gasteiger partial charge in [0.1, 0.15) is 5.75 Å². The van der Waals surface area contributed by atoms with Crippen LogP contribution in [0.2, 0.25) is 0 Å². The molecule has 1 atom stereocenters. The smallest absolute Gasteiger partial charge is 0.199 e. The number of ether oxygens (including phenoxy) is 2. The van der Waals surface area contributed by atoms with Gasteiger partial charge < -0.3 is 9.47 Å². The number of rotatable bonds is 2. The van der Waals surface area contributed by atoms with Gasteiger partial charge in [0, 0.05) is 10.9 Å². The van der Waals surface area contributed by atoms with Gasteiger partial charge in [0.25, 0.3) is 0 Å². The highest BCUT2D eigenvalue weighted by Gasteiger charge is 2.17. The first kappa shape index (κ1) is 11.9. The van der Waals surface area contributed by atoms with Crippen molar-refractivity contribution in [3.05, 3.63) is 27.7 Å². The third-order valence-electron chi connectivity index (χ3n) is 2.81.